The molecule has 0 aromatic carbocycles. The number of hydrogen-bond donors (Lipinski definition) is 1. The molecule has 0 bridgehead atoms. The minimum Gasteiger partial charge on any atom is -0.368 e. The summed E-state index contributed by atoms with van der Waals surface area (Å²) in [5.74, 6) is 2.32. The van der Waals surface area contributed by atoms with Crippen LogP contribution in [0.3, 0.4) is 0 Å². The lowest BCUT2D eigenvalue weighted by Crippen LogP contribution is -2.05. The SMILES string of the molecule is CCSc1nc(N)nc(C(C)C)n1. The van der Waals surface area contributed by atoms with Crippen LogP contribution < -0.4 is 5.73 Å². The van der Waals surface area contributed by atoms with Gasteiger partial charge in [-0.1, -0.05) is 32.5 Å². The van der Waals surface area contributed by atoms with Crippen molar-refractivity contribution in [3.63, 3.8) is 0 Å². The van der Waals surface area contributed by atoms with E-state index in [-0.39, 0.29) is 0 Å². The highest BCUT2D eigenvalue weighted by Gasteiger charge is 2.07. The Morgan fingerprint density at radius 2 is 2.00 bits per heavy atom. The quantitative estimate of drug-likeness (QED) is 0.749. The Hall–Kier alpha value is -0.840. The van der Waals surface area contributed by atoms with Crippen LogP contribution in [-0.4, -0.2) is 20.7 Å². The van der Waals surface area contributed by atoms with E-state index in [0.29, 0.717) is 11.9 Å². The summed E-state index contributed by atoms with van der Waals surface area (Å²) >= 11 is 1.58. The van der Waals surface area contributed by atoms with Gasteiger partial charge in [-0.3, -0.25) is 0 Å². The first-order chi connectivity index (χ1) is 6.13. The molecule has 0 radical (unpaired) electrons. The predicted octanol–water partition coefficient (Wildman–Crippen LogP) is 1.69. The highest BCUT2D eigenvalue weighted by molar-refractivity contribution is 7.99. The van der Waals surface area contributed by atoms with E-state index < -0.39 is 0 Å². The van der Waals surface area contributed by atoms with Gasteiger partial charge < -0.3 is 5.73 Å². The Kier molecular flexibility index (Phi) is 3.48. The van der Waals surface area contributed by atoms with E-state index in [2.05, 4.69) is 21.9 Å². The van der Waals surface area contributed by atoms with Crippen LogP contribution in [0.15, 0.2) is 5.16 Å². The van der Waals surface area contributed by atoms with Gasteiger partial charge in [-0.2, -0.15) is 9.97 Å². The van der Waals surface area contributed by atoms with Crippen molar-refractivity contribution in [2.24, 2.45) is 0 Å². The van der Waals surface area contributed by atoms with Gasteiger partial charge in [0.05, 0.1) is 0 Å². The van der Waals surface area contributed by atoms with E-state index in [1.807, 2.05) is 13.8 Å². The summed E-state index contributed by atoms with van der Waals surface area (Å²) in [6.45, 7) is 6.13. The van der Waals surface area contributed by atoms with Crippen molar-refractivity contribution in [3.8, 4) is 0 Å². The van der Waals surface area contributed by atoms with Crippen LogP contribution in [0.5, 0.6) is 0 Å². The fraction of sp³-hybridized carbons (Fsp3) is 0.625. The molecular formula is C8H14N4S. The van der Waals surface area contributed by atoms with Crippen molar-refractivity contribution in [2.45, 2.75) is 31.8 Å². The number of nitrogen functional groups attached to an aromatic ring is 1. The van der Waals surface area contributed by atoms with E-state index in [4.69, 9.17) is 5.73 Å². The lowest BCUT2D eigenvalue weighted by Gasteiger charge is -2.05. The van der Waals surface area contributed by atoms with Crippen LogP contribution in [0.2, 0.25) is 0 Å². The van der Waals surface area contributed by atoms with Crippen molar-refractivity contribution in [3.05, 3.63) is 5.82 Å². The topological polar surface area (TPSA) is 64.7 Å². The fourth-order valence-corrected chi connectivity index (χ4v) is 1.41. The van der Waals surface area contributed by atoms with Gasteiger partial charge in [-0.05, 0) is 5.75 Å². The van der Waals surface area contributed by atoms with E-state index >= 15 is 0 Å². The summed E-state index contributed by atoms with van der Waals surface area (Å²) < 4.78 is 0. The molecule has 0 aliphatic carbocycles. The number of anilines is 1. The second-order valence-electron chi connectivity index (χ2n) is 2.92. The molecule has 0 fully saturated rings. The fourth-order valence-electron chi connectivity index (χ4n) is 0.840. The first-order valence-corrected chi connectivity index (χ1v) is 5.26. The average Bonchev–Trinajstić information content (AvgIpc) is 2.03. The molecule has 0 unspecified atom stereocenters. The zero-order valence-corrected chi connectivity index (χ0v) is 8.93. The summed E-state index contributed by atoms with van der Waals surface area (Å²) in [5.41, 5.74) is 5.55. The zero-order chi connectivity index (χ0) is 9.84. The Balaban J connectivity index is 2.96. The number of hydrogen-bond acceptors (Lipinski definition) is 5. The second kappa shape index (κ2) is 4.41. The van der Waals surface area contributed by atoms with Gasteiger partial charge >= 0.3 is 0 Å². The third kappa shape index (κ3) is 2.84. The van der Waals surface area contributed by atoms with Crippen molar-refractivity contribution in [1.29, 1.82) is 0 Å². The van der Waals surface area contributed by atoms with Crippen LogP contribution >= 0.6 is 11.8 Å². The molecule has 0 amide bonds. The number of nitrogens with two attached hydrogens (primary N) is 1. The molecule has 1 aromatic heterocycles. The monoisotopic (exact) mass is 198 g/mol. The van der Waals surface area contributed by atoms with Crippen molar-refractivity contribution < 1.29 is 0 Å². The van der Waals surface area contributed by atoms with Crippen LogP contribution in [-0.2, 0) is 0 Å². The highest BCUT2D eigenvalue weighted by Crippen LogP contribution is 2.16. The first kappa shape index (κ1) is 10.2. The standard InChI is InChI=1S/C8H14N4S/c1-4-13-8-11-6(5(2)3)10-7(9)12-8/h5H,4H2,1-3H3,(H2,9,10,11,12). The molecule has 4 nitrogen and oxygen atoms in total. The van der Waals surface area contributed by atoms with Gasteiger partial charge in [0.15, 0.2) is 5.16 Å². The van der Waals surface area contributed by atoms with Gasteiger partial charge in [0.25, 0.3) is 0 Å². The third-order valence-electron chi connectivity index (χ3n) is 1.44. The molecule has 72 valence electrons. The molecule has 0 aliphatic rings. The average molecular weight is 198 g/mol. The minimum atomic E-state index is 0.293. The number of nitrogens with zero attached hydrogens (tertiary/aromatic N) is 3. The zero-order valence-electron chi connectivity index (χ0n) is 8.11. The molecule has 13 heavy (non-hydrogen) atoms. The van der Waals surface area contributed by atoms with E-state index in [0.717, 1.165) is 16.7 Å². The normalized spacial score (nSPS) is 10.8. The van der Waals surface area contributed by atoms with Crippen LogP contribution in [0.1, 0.15) is 32.5 Å². The molecular weight excluding hydrogens is 184 g/mol. The minimum absolute atomic E-state index is 0.293. The van der Waals surface area contributed by atoms with Crippen molar-refractivity contribution in [1.82, 2.24) is 15.0 Å². The van der Waals surface area contributed by atoms with Gasteiger partial charge in [-0.25, -0.2) is 4.98 Å². The van der Waals surface area contributed by atoms with E-state index in [9.17, 15) is 0 Å². The summed E-state index contributed by atoms with van der Waals surface area (Å²) in [6.07, 6.45) is 0. The molecule has 2 N–H and O–H groups in total. The summed E-state index contributed by atoms with van der Waals surface area (Å²) in [6, 6.07) is 0. The Labute approximate surface area is 82.4 Å². The molecule has 0 saturated carbocycles. The molecule has 5 heteroatoms. The molecule has 1 aromatic rings. The summed E-state index contributed by atoms with van der Waals surface area (Å²) in [7, 11) is 0. The lowest BCUT2D eigenvalue weighted by molar-refractivity contribution is 0.729. The Bertz CT molecular complexity index is 287. The third-order valence-corrected chi connectivity index (χ3v) is 2.17. The molecule has 1 rings (SSSR count). The van der Waals surface area contributed by atoms with Gasteiger partial charge in [0.1, 0.15) is 5.82 Å². The van der Waals surface area contributed by atoms with Crippen molar-refractivity contribution >= 4 is 17.7 Å². The maximum absolute atomic E-state index is 5.55. The number of rotatable bonds is 3. The first-order valence-electron chi connectivity index (χ1n) is 4.27. The van der Waals surface area contributed by atoms with E-state index in [1.165, 1.54) is 0 Å². The molecule has 0 saturated heterocycles. The van der Waals surface area contributed by atoms with Crippen molar-refractivity contribution in [2.75, 3.05) is 11.5 Å². The molecule has 0 aliphatic heterocycles. The maximum Gasteiger partial charge on any atom is 0.224 e. The van der Waals surface area contributed by atoms with Gasteiger partial charge in [-0.15, -0.1) is 0 Å². The lowest BCUT2D eigenvalue weighted by atomic mass is 10.2. The second-order valence-corrected chi connectivity index (χ2v) is 4.15. The van der Waals surface area contributed by atoms with Crippen LogP contribution in [0, 0.1) is 0 Å². The van der Waals surface area contributed by atoms with E-state index in [1.54, 1.807) is 11.8 Å². The van der Waals surface area contributed by atoms with Crippen LogP contribution in [0.25, 0.3) is 0 Å². The molecule has 1 heterocycles. The summed E-state index contributed by atoms with van der Waals surface area (Å²) in [5, 5.41) is 0.721. The summed E-state index contributed by atoms with van der Waals surface area (Å²) in [4.78, 5) is 12.4. The molecule has 0 atom stereocenters. The predicted molar refractivity (Wildman–Crippen MR) is 54.7 cm³/mol. The number of aromatic nitrogens is 3. The Morgan fingerprint density at radius 1 is 1.31 bits per heavy atom. The number of thioether (sulfide) groups is 1. The smallest absolute Gasteiger partial charge is 0.224 e. The van der Waals surface area contributed by atoms with Gasteiger partial charge in [0.2, 0.25) is 5.95 Å². The van der Waals surface area contributed by atoms with Gasteiger partial charge in [0, 0.05) is 5.92 Å². The Morgan fingerprint density at radius 3 is 2.54 bits per heavy atom. The molecule has 0 spiro atoms. The highest BCUT2D eigenvalue weighted by atomic mass is 32.2. The largest absolute Gasteiger partial charge is 0.368 e. The van der Waals surface area contributed by atoms with Crippen LogP contribution in [0.4, 0.5) is 5.95 Å². The maximum atomic E-state index is 5.55.